The highest BCUT2D eigenvalue weighted by Crippen LogP contribution is 2.51. The van der Waals surface area contributed by atoms with E-state index in [9.17, 15) is 21.6 Å². The number of nitrogens with two attached hydrogens (primary N) is 1. The lowest BCUT2D eigenvalue weighted by Gasteiger charge is -2.22. The molecule has 0 radical (unpaired) electrons. The number of hydrogen-bond acceptors (Lipinski definition) is 7. The van der Waals surface area contributed by atoms with Crippen molar-refractivity contribution >= 4 is 44.4 Å². The zero-order chi connectivity index (χ0) is 25.7. The fraction of sp³-hybridized carbons (Fsp3) is 0.348. The second-order valence-electron chi connectivity index (χ2n) is 8.90. The van der Waals surface area contributed by atoms with Crippen LogP contribution < -0.4 is 15.8 Å². The Morgan fingerprint density at radius 2 is 1.89 bits per heavy atom. The molecule has 2 aliphatic carbocycles. The van der Waals surface area contributed by atoms with Crippen LogP contribution in [0.2, 0.25) is 5.02 Å². The summed E-state index contributed by atoms with van der Waals surface area (Å²) < 4.78 is 64.4. The molecule has 0 aliphatic heterocycles. The summed E-state index contributed by atoms with van der Waals surface area (Å²) in [6, 6.07) is 7.37. The van der Waals surface area contributed by atoms with E-state index in [1.807, 2.05) is 0 Å². The first-order valence-electron chi connectivity index (χ1n) is 11.0. The summed E-state index contributed by atoms with van der Waals surface area (Å²) in [5.74, 6) is 6.35. The SMILES string of the molecule is NS(=O)(=O)c1cc(Cl)cc(CNc2nc(NC3(C(F)(F)F)CC3)c3nc(C#CC4CC4)ccc3n2)c1. The van der Waals surface area contributed by atoms with E-state index in [4.69, 9.17) is 16.7 Å². The number of pyridine rings is 1. The van der Waals surface area contributed by atoms with Crippen molar-refractivity contribution in [1.29, 1.82) is 0 Å². The summed E-state index contributed by atoms with van der Waals surface area (Å²) in [5, 5.41) is 10.8. The van der Waals surface area contributed by atoms with Gasteiger partial charge in [-0.2, -0.15) is 18.2 Å². The molecular weight excluding hydrogens is 517 g/mol. The maximum Gasteiger partial charge on any atom is 0.411 e. The van der Waals surface area contributed by atoms with Crippen LogP contribution in [0, 0.1) is 17.8 Å². The average Bonchev–Trinajstić information content (AvgIpc) is 3.71. The molecule has 0 saturated heterocycles. The minimum absolute atomic E-state index is 0.0266. The Bertz CT molecular complexity index is 1530. The lowest BCUT2D eigenvalue weighted by molar-refractivity contribution is -0.151. The van der Waals surface area contributed by atoms with E-state index in [1.54, 1.807) is 12.1 Å². The minimum atomic E-state index is -4.47. The Morgan fingerprint density at radius 3 is 2.53 bits per heavy atom. The van der Waals surface area contributed by atoms with Crippen molar-refractivity contribution in [2.45, 2.75) is 48.8 Å². The lowest BCUT2D eigenvalue weighted by Crippen LogP contribution is -2.39. The molecule has 2 heterocycles. The number of rotatable bonds is 6. The first kappa shape index (κ1) is 24.5. The highest BCUT2D eigenvalue weighted by Gasteiger charge is 2.64. The molecule has 8 nitrogen and oxygen atoms in total. The quantitative estimate of drug-likeness (QED) is 0.403. The Morgan fingerprint density at radius 1 is 1.14 bits per heavy atom. The van der Waals surface area contributed by atoms with E-state index in [-0.39, 0.29) is 46.6 Å². The molecule has 2 aromatic heterocycles. The molecule has 0 atom stereocenters. The van der Waals surface area contributed by atoms with Crippen LogP contribution in [0.3, 0.4) is 0 Å². The predicted octanol–water partition coefficient (Wildman–Crippen LogP) is 4.21. The summed E-state index contributed by atoms with van der Waals surface area (Å²) >= 11 is 6.01. The van der Waals surface area contributed by atoms with Crippen LogP contribution in [0.1, 0.15) is 36.9 Å². The Kier molecular flexibility index (Phi) is 5.97. The Hall–Kier alpha value is -3.14. The van der Waals surface area contributed by atoms with Crippen molar-refractivity contribution in [2.75, 3.05) is 10.6 Å². The molecule has 36 heavy (non-hydrogen) atoms. The molecule has 4 N–H and O–H groups in total. The summed E-state index contributed by atoms with van der Waals surface area (Å²) in [6.45, 7) is 0.0385. The van der Waals surface area contributed by atoms with Crippen molar-refractivity contribution < 1.29 is 21.6 Å². The Balaban J connectivity index is 1.49. The van der Waals surface area contributed by atoms with Crippen LogP contribution in [0.25, 0.3) is 11.0 Å². The van der Waals surface area contributed by atoms with Gasteiger partial charge in [0.1, 0.15) is 16.7 Å². The molecular formula is C23H20ClF3N6O2S. The molecule has 188 valence electrons. The molecule has 5 rings (SSSR count). The summed E-state index contributed by atoms with van der Waals surface area (Å²) in [6.07, 6.45) is -2.56. The number of anilines is 2. The van der Waals surface area contributed by atoms with Crippen molar-refractivity contribution in [3.05, 3.63) is 46.6 Å². The molecule has 3 aromatic rings. The van der Waals surface area contributed by atoms with E-state index in [1.165, 1.54) is 18.2 Å². The van der Waals surface area contributed by atoms with Crippen molar-refractivity contribution in [1.82, 2.24) is 15.0 Å². The van der Waals surface area contributed by atoms with Gasteiger partial charge in [0, 0.05) is 17.5 Å². The summed E-state index contributed by atoms with van der Waals surface area (Å²) in [5.41, 5.74) is -0.685. The molecule has 0 bridgehead atoms. The number of nitrogens with one attached hydrogen (secondary N) is 2. The number of hydrogen-bond donors (Lipinski definition) is 3. The highest BCUT2D eigenvalue weighted by molar-refractivity contribution is 7.89. The van der Waals surface area contributed by atoms with Gasteiger partial charge >= 0.3 is 6.18 Å². The van der Waals surface area contributed by atoms with Crippen LogP contribution in [-0.2, 0) is 16.6 Å². The molecule has 2 fully saturated rings. The second kappa shape index (κ2) is 8.76. The van der Waals surface area contributed by atoms with Gasteiger partial charge in [0.2, 0.25) is 16.0 Å². The van der Waals surface area contributed by atoms with E-state index < -0.39 is 21.7 Å². The highest BCUT2D eigenvalue weighted by atomic mass is 35.5. The normalized spacial score (nSPS) is 16.8. The molecule has 1 aromatic carbocycles. The number of primary sulfonamides is 1. The maximum atomic E-state index is 13.7. The average molecular weight is 537 g/mol. The van der Waals surface area contributed by atoms with Gasteiger partial charge in [0.15, 0.2) is 5.82 Å². The fourth-order valence-electron chi connectivity index (χ4n) is 3.55. The predicted molar refractivity (Wildman–Crippen MR) is 129 cm³/mol. The van der Waals surface area contributed by atoms with Crippen LogP contribution in [-0.4, -0.2) is 35.1 Å². The lowest BCUT2D eigenvalue weighted by atomic mass is 10.2. The van der Waals surface area contributed by atoms with Crippen LogP contribution in [0.4, 0.5) is 24.9 Å². The van der Waals surface area contributed by atoms with Crippen molar-refractivity contribution in [2.24, 2.45) is 11.1 Å². The molecule has 0 amide bonds. The van der Waals surface area contributed by atoms with E-state index >= 15 is 0 Å². The van der Waals surface area contributed by atoms with Crippen molar-refractivity contribution in [3.8, 4) is 11.8 Å². The number of sulfonamides is 1. The van der Waals surface area contributed by atoms with E-state index in [0.717, 1.165) is 12.8 Å². The van der Waals surface area contributed by atoms with Gasteiger partial charge in [-0.15, -0.1) is 0 Å². The smallest absolute Gasteiger partial charge is 0.354 e. The number of nitrogens with zero attached hydrogens (tertiary/aromatic N) is 3. The van der Waals surface area contributed by atoms with Gasteiger partial charge in [-0.1, -0.05) is 17.5 Å². The fourth-order valence-corrected chi connectivity index (χ4v) is 4.48. The molecule has 2 saturated carbocycles. The molecule has 2 aliphatic rings. The Labute approximate surface area is 209 Å². The van der Waals surface area contributed by atoms with E-state index in [2.05, 4.69) is 37.4 Å². The van der Waals surface area contributed by atoms with Crippen LogP contribution in [0.15, 0.2) is 35.2 Å². The number of benzene rings is 1. The van der Waals surface area contributed by atoms with Crippen molar-refractivity contribution in [3.63, 3.8) is 0 Å². The zero-order valence-electron chi connectivity index (χ0n) is 18.7. The zero-order valence-corrected chi connectivity index (χ0v) is 20.2. The van der Waals surface area contributed by atoms with Gasteiger partial charge in [0.05, 0.1) is 10.4 Å². The van der Waals surface area contributed by atoms with Gasteiger partial charge in [-0.05, 0) is 67.5 Å². The number of fused-ring (bicyclic) bond motifs is 1. The van der Waals surface area contributed by atoms with Crippen LogP contribution in [0.5, 0.6) is 0 Å². The maximum absolute atomic E-state index is 13.7. The van der Waals surface area contributed by atoms with Gasteiger partial charge < -0.3 is 10.6 Å². The second-order valence-corrected chi connectivity index (χ2v) is 10.9. The standard InChI is InChI=1S/C23H20ClF3N6O2S/c24-15-9-14(10-17(11-15)36(28,34)35)12-29-21-31-18-6-5-16(4-3-13-1-2-13)30-19(18)20(32-21)33-22(7-8-22)23(25,26)27/h5-6,9-11,13H,1-2,7-8,12H2,(H2,28,34,35)(H2,29,31,32,33). The third-order valence-corrected chi connectivity index (χ3v) is 7.00. The molecule has 0 spiro atoms. The third kappa shape index (κ3) is 5.33. The van der Waals surface area contributed by atoms with E-state index in [0.29, 0.717) is 22.7 Å². The van der Waals surface area contributed by atoms with Gasteiger partial charge in [-0.25, -0.2) is 23.5 Å². The number of aromatic nitrogens is 3. The summed E-state index contributed by atoms with van der Waals surface area (Å²) in [4.78, 5) is 12.9. The van der Waals surface area contributed by atoms with Gasteiger partial charge in [0.25, 0.3) is 0 Å². The van der Waals surface area contributed by atoms with Gasteiger partial charge in [-0.3, -0.25) is 0 Å². The topological polar surface area (TPSA) is 123 Å². The van der Waals surface area contributed by atoms with Crippen LogP contribution >= 0.6 is 11.6 Å². The minimum Gasteiger partial charge on any atom is -0.354 e. The largest absolute Gasteiger partial charge is 0.411 e. The summed E-state index contributed by atoms with van der Waals surface area (Å²) in [7, 11) is -3.98. The molecule has 13 heteroatoms. The third-order valence-electron chi connectivity index (χ3n) is 5.88. The first-order chi connectivity index (χ1) is 16.9. The number of halogens is 4. The number of alkyl halides is 3. The first-order valence-corrected chi connectivity index (χ1v) is 13.0. The molecule has 0 unspecified atom stereocenters. The monoisotopic (exact) mass is 536 g/mol.